The van der Waals surface area contributed by atoms with Gasteiger partial charge in [0.1, 0.15) is 0 Å². The van der Waals surface area contributed by atoms with Crippen LogP contribution in [0.25, 0.3) is 0 Å². The summed E-state index contributed by atoms with van der Waals surface area (Å²) < 4.78 is 0.568. The van der Waals surface area contributed by atoms with Crippen molar-refractivity contribution in [2.24, 2.45) is 5.92 Å². The van der Waals surface area contributed by atoms with Gasteiger partial charge in [-0.1, -0.05) is 17.7 Å². The molecule has 1 saturated heterocycles. The average molecular weight is 420 g/mol. The molecule has 2 aromatic rings. The van der Waals surface area contributed by atoms with Crippen LogP contribution < -0.4 is 5.32 Å². The van der Waals surface area contributed by atoms with Crippen LogP contribution >= 0.6 is 22.9 Å². The molecule has 1 N–H and O–H groups in total. The molecule has 6 nitrogen and oxygen atoms in total. The Kier molecular flexibility index (Phi) is 7.17. The molecule has 28 heavy (non-hydrogen) atoms. The SMILES string of the molecule is O=C(CCC(=O)N1CCC(C(=O)NCc2cccnc2)CC1)c1ccc(Cl)s1. The molecule has 2 amide bonds. The largest absolute Gasteiger partial charge is 0.352 e. The maximum Gasteiger partial charge on any atom is 0.223 e. The monoisotopic (exact) mass is 419 g/mol. The molecule has 0 bridgehead atoms. The van der Waals surface area contributed by atoms with Crippen LogP contribution in [0.1, 0.15) is 40.9 Å². The van der Waals surface area contributed by atoms with Gasteiger partial charge in [-0.15, -0.1) is 11.3 Å². The molecule has 0 unspecified atom stereocenters. The van der Waals surface area contributed by atoms with Gasteiger partial charge >= 0.3 is 0 Å². The zero-order valence-corrected chi connectivity index (χ0v) is 17.0. The number of Topliss-reactive ketones (excluding diaryl/α,β-unsaturated/α-hetero) is 1. The number of nitrogens with zero attached hydrogens (tertiary/aromatic N) is 2. The lowest BCUT2D eigenvalue weighted by Gasteiger charge is -2.31. The van der Waals surface area contributed by atoms with Crippen molar-refractivity contribution in [2.75, 3.05) is 13.1 Å². The standard InChI is InChI=1S/C20H22ClN3O3S/c21-18-5-4-17(28-18)16(25)3-6-19(26)24-10-7-15(8-11-24)20(27)23-13-14-2-1-9-22-12-14/h1-2,4-5,9,12,15H,3,6-8,10-11,13H2,(H,23,27). The quantitative estimate of drug-likeness (QED) is 0.698. The number of hydrogen-bond acceptors (Lipinski definition) is 5. The molecule has 8 heteroatoms. The lowest BCUT2D eigenvalue weighted by atomic mass is 9.95. The number of piperidine rings is 1. The van der Waals surface area contributed by atoms with Crippen LogP contribution in [-0.2, 0) is 16.1 Å². The minimum Gasteiger partial charge on any atom is -0.352 e. The minimum absolute atomic E-state index is 0.0145. The van der Waals surface area contributed by atoms with E-state index >= 15 is 0 Å². The molecule has 0 radical (unpaired) electrons. The second kappa shape index (κ2) is 9.80. The molecule has 1 aliphatic heterocycles. The maximum atomic E-state index is 12.4. The number of aromatic nitrogens is 1. The van der Waals surface area contributed by atoms with Gasteiger partial charge in [0, 0.05) is 50.8 Å². The fourth-order valence-corrected chi connectivity index (χ4v) is 4.20. The van der Waals surface area contributed by atoms with Crippen molar-refractivity contribution >= 4 is 40.5 Å². The van der Waals surface area contributed by atoms with Crippen LogP contribution in [0.4, 0.5) is 0 Å². The summed E-state index contributed by atoms with van der Waals surface area (Å²) in [6.45, 7) is 1.55. The van der Waals surface area contributed by atoms with E-state index in [1.54, 1.807) is 29.4 Å². The fraction of sp³-hybridized carbons (Fsp3) is 0.400. The van der Waals surface area contributed by atoms with Gasteiger partial charge in [0.2, 0.25) is 11.8 Å². The maximum absolute atomic E-state index is 12.4. The first-order chi connectivity index (χ1) is 13.5. The Hall–Kier alpha value is -2.25. The number of carbonyl (C=O) groups excluding carboxylic acids is 3. The van der Waals surface area contributed by atoms with E-state index in [1.807, 2.05) is 12.1 Å². The number of rotatable bonds is 7. The molecule has 1 aliphatic rings. The molecular formula is C20H22ClN3O3S. The number of halogens is 1. The van der Waals surface area contributed by atoms with Gasteiger partial charge in [-0.2, -0.15) is 0 Å². The normalized spacial score (nSPS) is 14.7. The second-order valence-electron chi connectivity index (χ2n) is 6.76. The van der Waals surface area contributed by atoms with Crippen molar-refractivity contribution in [1.29, 1.82) is 0 Å². The van der Waals surface area contributed by atoms with E-state index in [-0.39, 0.29) is 36.4 Å². The van der Waals surface area contributed by atoms with Crippen molar-refractivity contribution in [3.63, 3.8) is 0 Å². The van der Waals surface area contributed by atoms with Crippen molar-refractivity contribution < 1.29 is 14.4 Å². The number of thiophene rings is 1. The van der Waals surface area contributed by atoms with Gasteiger partial charge in [0.25, 0.3) is 0 Å². The van der Waals surface area contributed by atoms with Crippen LogP contribution in [-0.4, -0.2) is 40.6 Å². The number of amides is 2. The zero-order valence-electron chi connectivity index (χ0n) is 15.4. The summed E-state index contributed by atoms with van der Waals surface area (Å²) in [7, 11) is 0. The molecule has 1 fully saturated rings. The van der Waals surface area contributed by atoms with E-state index in [2.05, 4.69) is 10.3 Å². The molecule has 148 valence electrons. The summed E-state index contributed by atoms with van der Waals surface area (Å²) >= 11 is 7.07. The summed E-state index contributed by atoms with van der Waals surface area (Å²) in [6, 6.07) is 7.13. The Morgan fingerprint density at radius 2 is 1.96 bits per heavy atom. The Bertz CT molecular complexity index is 832. The van der Waals surface area contributed by atoms with Crippen molar-refractivity contribution in [1.82, 2.24) is 15.2 Å². The molecule has 0 aliphatic carbocycles. The molecule has 0 aromatic carbocycles. The Balaban J connectivity index is 1.38. The van der Waals surface area contributed by atoms with E-state index < -0.39 is 0 Å². The van der Waals surface area contributed by atoms with Crippen LogP contribution in [0, 0.1) is 5.92 Å². The summed E-state index contributed by atoms with van der Waals surface area (Å²) in [5.74, 6) is -0.170. The number of hydrogen-bond donors (Lipinski definition) is 1. The third kappa shape index (κ3) is 5.62. The van der Waals surface area contributed by atoms with Gasteiger partial charge in [0.05, 0.1) is 9.21 Å². The fourth-order valence-electron chi connectivity index (χ4n) is 3.19. The summed E-state index contributed by atoms with van der Waals surface area (Å²) in [6.07, 6.45) is 5.07. The highest BCUT2D eigenvalue weighted by atomic mass is 35.5. The molecule has 0 spiro atoms. The first kappa shape index (κ1) is 20.5. The zero-order chi connectivity index (χ0) is 19.9. The lowest BCUT2D eigenvalue weighted by molar-refractivity contribution is -0.135. The topological polar surface area (TPSA) is 79.4 Å². The first-order valence-electron chi connectivity index (χ1n) is 9.26. The number of ketones is 1. The van der Waals surface area contributed by atoms with Crippen LogP contribution in [0.5, 0.6) is 0 Å². The minimum atomic E-state index is -0.0874. The van der Waals surface area contributed by atoms with Crippen molar-refractivity contribution in [2.45, 2.75) is 32.2 Å². The highest BCUT2D eigenvalue weighted by Gasteiger charge is 2.27. The molecular weight excluding hydrogens is 398 g/mol. The summed E-state index contributed by atoms with van der Waals surface area (Å²) in [4.78, 5) is 43.2. The Labute approximate surface area is 172 Å². The predicted octanol–water partition coefficient (Wildman–Crippen LogP) is 3.31. The van der Waals surface area contributed by atoms with Crippen molar-refractivity contribution in [3.05, 3.63) is 51.4 Å². The second-order valence-corrected chi connectivity index (χ2v) is 8.48. The third-order valence-electron chi connectivity index (χ3n) is 4.82. The smallest absolute Gasteiger partial charge is 0.223 e. The van der Waals surface area contributed by atoms with Crippen LogP contribution in [0.2, 0.25) is 4.34 Å². The van der Waals surface area contributed by atoms with Crippen LogP contribution in [0.3, 0.4) is 0 Å². The van der Waals surface area contributed by atoms with Gasteiger partial charge in [0.15, 0.2) is 5.78 Å². The number of carbonyl (C=O) groups is 3. The van der Waals surface area contributed by atoms with Gasteiger partial charge < -0.3 is 10.2 Å². The summed E-state index contributed by atoms with van der Waals surface area (Å²) in [5, 5.41) is 2.94. The van der Waals surface area contributed by atoms with E-state index in [0.717, 1.165) is 5.56 Å². The summed E-state index contributed by atoms with van der Waals surface area (Å²) in [5.41, 5.74) is 0.958. The van der Waals surface area contributed by atoms with Gasteiger partial charge in [-0.3, -0.25) is 19.4 Å². The lowest BCUT2D eigenvalue weighted by Crippen LogP contribution is -2.43. The number of nitrogens with one attached hydrogen (secondary N) is 1. The average Bonchev–Trinajstić information content (AvgIpc) is 3.17. The van der Waals surface area contributed by atoms with Crippen molar-refractivity contribution in [3.8, 4) is 0 Å². The molecule has 0 saturated carbocycles. The molecule has 3 rings (SSSR count). The van der Waals surface area contributed by atoms with Crippen LogP contribution in [0.15, 0.2) is 36.7 Å². The molecule has 0 atom stereocenters. The number of likely N-dealkylation sites (tertiary alicyclic amines) is 1. The molecule has 3 heterocycles. The molecule has 2 aromatic heterocycles. The van der Waals surface area contributed by atoms with Gasteiger partial charge in [-0.25, -0.2) is 0 Å². The highest BCUT2D eigenvalue weighted by Crippen LogP contribution is 2.23. The number of pyridine rings is 1. The van der Waals surface area contributed by atoms with E-state index in [1.165, 1.54) is 11.3 Å². The van der Waals surface area contributed by atoms with E-state index in [4.69, 9.17) is 11.6 Å². The Morgan fingerprint density at radius 3 is 2.61 bits per heavy atom. The van der Waals surface area contributed by atoms with Gasteiger partial charge in [-0.05, 0) is 36.6 Å². The highest BCUT2D eigenvalue weighted by molar-refractivity contribution is 7.18. The first-order valence-corrected chi connectivity index (χ1v) is 10.5. The Morgan fingerprint density at radius 1 is 1.18 bits per heavy atom. The predicted molar refractivity (Wildman–Crippen MR) is 108 cm³/mol. The van der Waals surface area contributed by atoms with E-state index in [9.17, 15) is 14.4 Å². The third-order valence-corrected chi connectivity index (χ3v) is 6.09. The van der Waals surface area contributed by atoms with E-state index in [0.29, 0.717) is 41.7 Å².